The van der Waals surface area contributed by atoms with Crippen molar-refractivity contribution >= 4 is 50.0 Å². The highest BCUT2D eigenvalue weighted by molar-refractivity contribution is 8.16. The van der Waals surface area contributed by atoms with Crippen molar-refractivity contribution in [2.75, 3.05) is 5.32 Å². The Hall–Kier alpha value is -2.85. The van der Waals surface area contributed by atoms with Gasteiger partial charge in [-0.1, -0.05) is 65.8 Å². The number of halogens is 1. The Balaban J connectivity index is 1.58. The molecule has 0 aromatic heterocycles. The van der Waals surface area contributed by atoms with Crippen LogP contribution in [0.3, 0.4) is 0 Å². The van der Waals surface area contributed by atoms with Crippen molar-refractivity contribution in [1.82, 2.24) is 5.43 Å². The van der Waals surface area contributed by atoms with Gasteiger partial charge in [0.15, 0.2) is 9.91 Å². The van der Waals surface area contributed by atoms with Crippen molar-refractivity contribution in [3.05, 3.63) is 95.0 Å². The van der Waals surface area contributed by atoms with E-state index in [2.05, 4.69) is 15.8 Å². The summed E-state index contributed by atoms with van der Waals surface area (Å²) < 4.78 is 22.8. The summed E-state index contributed by atoms with van der Waals surface area (Å²) in [7, 11) is -3.80. The number of nitrogens with two attached hydrogens (primary N) is 1. The van der Waals surface area contributed by atoms with Crippen molar-refractivity contribution in [2.24, 2.45) is 10.2 Å². The Morgan fingerprint density at radius 1 is 0.968 bits per heavy atom. The molecule has 1 aliphatic rings. The van der Waals surface area contributed by atoms with Gasteiger partial charge in [0, 0.05) is 10.7 Å². The van der Waals surface area contributed by atoms with Crippen LogP contribution in [0.25, 0.3) is 0 Å². The smallest absolute Gasteiger partial charge is 0.282 e. The number of amides is 1. The van der Waals surface area contributed by atoms with Gasteiger partial charge < -0.3 is 5.32 Å². The monoisotopic (exact) mass is 472 g/mol. The number of hydrazone groups is 1. The molecule has 1 amide bonds. The molecule has 3 aromatic carbocycles. The Labute approximate surface area is 188 Å². The molecule has 1 unspecified atom stereocenters. The quantitative estimate of drug-likeness (QED) is 0.526. The van der Waals surface area contributed by atoms with E-state index in [4.69, 9.17) is 16.7 Å². The maximum atomic E-state index is 12.8. The first-order valence-electron chi connectivity index (χ1n) is 9.08. The molecule has 10 heteroatoms. The van der Waals surface area contributed by atoms with Crippen molar-refractivity contribution in [1.29, 1.82) is 0 Å². The van der Waals surface area contributed by atoms with Gasteiger partial charge in [0.05, 0.1) is 4.90 Å². The molecule has 0 saturated heterocycles. The molecule has 1 aliphatic heterocycles. The Morgan fingerprint density at radius 2 is 1.58 bits per heavy atom. The third-order valence-electron chi connectivity index (χ3n) is 4.63. The minimum absolute atomic E-state index is 0.0365. The predicted molar refractivity (Wildman–Crippen MR) is 123 cm³/mol. The highest BCUT2D eigenvalue weighted by atomic mass is 35.5. The molecular formula is C21H17ClN4O3S2. The van der Waals surface area contributed by atoms with E-state index in [0.29, 0.717) is 10.7 Å². The molecule has 7 nitrogen and oxygen atoms in total. The van der Waals surface area contributed by atoms with Crippen molar-refractivity contribution in [3.63, 3.8) is 0 Å². The molecule has 3 aromatic rings. The van der Waals surface area contributed by atoms with Crippen LogP contribution in [-0.4, -0.2) is 19.4 Å². The zero-order chi connectivity index (χ0) is 22.1. The summed E-state index contributed by atoms with van der Waals surface area (Å²) in [6.45, 7) is 0. The fourth-order valence-corrected chi connectivity index (χ4v) is 4.87. The lowest BCUT2D eigenvalue weighted by atomic mass is 9.98. The van der Waals surface area contributed by atoms with Gasteiger partial charge >= 0.3 is 0 Å². The number of nitrogens with zero attached hydrogens (tertiary/aromatic N) is 1. The van der Waals surface area contributed by atoms with E-state index in [0.717, 1.165) is 11.1 Å². The standard InChI is InChI=1S/C21H17ClN4O3S2/c22-16-8-6-15(7-9-16)21(14-4-2-1-3-5-14)26-25-20(30-21)19(27)24-17-10-12-18(13-11-17)31(23,28)29/h1-13,26H,(H,24,27)(H2,23,28,29). The average molecular weight is 473 g/mol. The highest BCUT2D eigenvalue weighted by Gasteiger charge is 2.42. The SMILES string of the molecule is NS(=O)(=O)c1ccc(NC(=O)C2=NNC(c3ccccc3)(c3ccc(Cl)cc3)S2)cc1. The normalized spacial score (nSPS) is 18.2. The van der Waals surface area contributed by atoms with Gasteiger partial charge in [-0.3, -0.25) is 10.2 Å². The van der Waals surface area contributed by atoms with Crippen LogP contribution < -0.4 is 15.9 Å². The number of benzene rings is 3. The van der Waals surface area contributed by atoms with Gasteiger partial charge in [0.2, 0.25) is 10.0 Å². The van der Waals surface area contributed by atoms with Crippen LogP contribution in [0.4, 0.5) is 5.69 Å². The summed E-state index contributed by atoms with van der Waals surface area (Å²) >= 11 is 7.33. The first kappa shape index (κ1) is 21.4. The van der Waals surface area contributed by atoms with Gasteiger partial charge in [-0.15, -0.1) is 0 Å². The van der Waals surface area contributed by atoms with Crippen LogP contribution >= 0.6 is 23.4 Å². The van der Waals surface area contributed by atoms with Crippen LogP contribution in [0.15, 0.2) is 88.9 Å². The molecule has 158 valence electrons. The molecule has 0 spiro atoms. The van der Waals surface area contributed by atoms with Crippen LogP contribution in [0.5, 0.6) is 0 Å². The van der Waals surface area contributed by atoms with Crippen molar-refractivity contribution in [3.8, 4) is 0 Å². The van der Waals surface area contributed by atoms with Crippen LogP contribution in [0.2, 0.25) is 5.02 Å². The number of nitrogens with one attached hydrogen (secondary N) is 2. The zero-order valence-corrected chi connectivity index (χ0v) is 18.3. The van der Waals surface area contributed by atoms with Crippen LogP contribution in [0.1, 0.15) is 11.1 Å². The maximum Gasteiger partial charge on any atom is 0.282 e. The highest BCUT2D eigenvalue weighted by Crippen LogP contribution is 2.44. The molecule has 4 rings (SSSR count). The topological polar surface area (TPSA) is 114 Å². The molecular weight excluding hydrogens is 456 g/mol. The number of hydrogen-bond acceptors (Lipinski definition) is 6. The lowest BCUT2D eigenvalue weighted by molar-refractivity contribution is -0.110. The number of carbonyl (C=O) groups excluding carboxylic acids is 1. The molecule has 0 saturated carbocycles. The Kier molecular flexibility index (Phi) is 5.76. The van der Waals surface area contributed by atoms with E-state index in [-0.39, 0.29) is 9.94 Å². The largest absolute Gasteiger partial charge is 0.320 e. The molecule has 31 heavy (non-hydrogen) atoms. The van der Waals surface area contributed by atoms with Gasteiger partial charge in [0.1, 0.15) is 0 Å². The number of carbonyl (C=O) groups is 1. The molecule has 1 atom stereocenters. The van der Waals surface area contributed by atoms with Crippen molar-refractivity contribution < 1.29 is 13.2 Å². The lowest BCUT2D eigenvalue weighted by Gasteiger charge is -2.29. The van der Waals surface area contributed by atoms with Crippen LogP contribution in [-0.2, 0) is 19.7 Å². The summed E-state index contributed by atoms with van der Waals surface area (Å²) in [6.07, 6.45) is 0. The summed E-state index contributed by atoms with van der Waals surface area (Å²) in [6, 6.07) is 22.6. The summed E-state index contributed by atoms with van der Waals surface area (Å²) in [4.78, 5) is 12.0. The maximum absolute atomic E-state index is 12.8. The van der Waals surface area contributed by atoms with E-state index < -0.39 is 20.8 Å². The second-order valence-corrected chi connectivity index (χ2v) is 9.91. The number of rotatable bonds is 5. The number of thioether (sulfide) groups is 1. The van der Waals surface area contributed by atoms with E-state index in [9.17, 15) is 13.2 Å². The molecule has 0 aliphatic carbocycles. The fraction of sp³-hybridized carbons (Fsp3) is 0.0476. The molecule has 0 fully saturated rings. The molecule has 4 N–H and O–H groups in total. The zero-order valence-electron chi connectivity index (χ0n) is 15.9. The predicted octanol–water partition coefficient (Wildman–Crippen LogP) is 3.48. The van der Waals surface area contributed by atoms with E-state index >= 15 is 0 Å². The number of anilines is 1. The second-order valence-electron chi connectivity index (χ2n) is 6.71. The van der Waals surface area contributed by atoms with Gasteiger partial charge in [-0.2, -0.15) is 5.10 Å². The second kappa shape index (κ2) is 8.35. The molecule has 0 bridgehead atoms. The third-order valence-corrected chi connectivity index (χ3v) is 7.15. The Morgan fingerprint density at radius 3 is 2.19 bits per heavy atom. The number of hydrogen-bond donors (Lipinski definition) is 3. The van der Waals surface area contributed by atoms with E-state index in [1.54, 1.807) is 12.1 Å². The Bertz CT molecular complexity index is 1250. The van der Waals surface area contributed by atoms with Crippen LogP contribution in [0, 0.1) is 0 Å². The number of sulfonamides is 1. The van der Waals surface area contributed by atoms with Crippen molar-refractivity contribution in [2.45, 2.75) is 9.77 Å². The van der Waals surface area contributed by atoms with E-state index in [1.165, 1.54) is 36.0 Å². The summed E-state index contributed by atoms with van der Waals surface area (Å²) in [5.74, 6) is -0.423. The minimum Gasteiger partial charge on any atom is -0.320 e. The van der Waals surface area contributed by atoms with Gasteiger partial charge in [-0.05, 0) is 47.5 Å². The lowest BCUT2D eigenvalue weighted by Crippen LogP contribution is -2.34. The fourth-order valence-electron chi connectivity index (χ4n) is 3.10. The van der Waals surface area contributed by atoms with Gasteiger partial charge in [-0.25, -0.2) is 13.6 Å². The number of primary sulfonamides is 1. The third kappa shape index (κ3) is 4.45. The first-order valence-corrected chi connectivity index (χ1v) is 11.8. The summed E-state index contributed by atoms with van der Waals surface area (Å²) in [5.41, 5.74) is 5.35. The first-order chi connectivity index (χ1) is 14.8. The minimum atomic E-state index is -3.80. The summed E-state index contributed by atoms with van der Waals surface area (Å²) in [5, 5.41) is 13.0. The molecule has 0 radical (unpaired) electrons. The van der Waals surface area contributed by atoms with E-state index in [1.807, 2.05) is 42.5 Å². The molecule has 1 heterocycles. The average Bonchev–Trinajstić information content (AvgIpc) is 3.21. The van der Waals surface area contributed by atoms with Gasteiger partial charge in [0.25, 0.3) is 5.91 Å².